The van der Waals surface area contributed by atoms with Crippen molar-refractivity contribution in [1.82, 2.24) is 5.32 Å². The van der Waals surface area contributed by atoms with Crippen molar-refractivity contribution in [3.63, 3.8) is 0 Å². The van der Waals surface area contributed by atoms with E-state index >= 15 is 0 Å². The number of hydrogen-bond donors (Lipinski definition) is 3. The maximum absolute atomic E-state index is 12.5. The van der Waals surface area contributed by atoms with Crippen LogP contribution in [-0.2, 0) is 4.79 Å². The highest BCUT2D eigenvalue weighted by molar-refractivity contribution is 5.93. The molecule has 1 rings (SSSR count). The van der Waals surface area contributed by atoms with E-state index < -0.39 is 5.82 Å². The maximum Gasteiger partial charge on any atom is 0.238 e. The monoisotopic (exact) mass is 234 g/mol. The van der Waals surface area contributed by atoms with E-state index in [4.69, 9.17) is 0 Å². The fraction of sp³-hybridized carbons (Fsp3) is 0.222. The lowest BCUT2D eigenvalue weighted by atomic mass is 10.3. The molecule has 0 aliphatic carbocycles. The van der Waals surface area contributed by atoms with Crippen molar-refractivity contribution in [3.8, 4) is 5.75 Å². The summed E-state index contributed by atoms with van der Waals surface area (Å²) in [7, 11) is 1.63. The van der Waals surface area contributed by atoms with Gasteiger partial charge in [0.15, 0.2) is 0 Å². The zero-order valence-electron chi connectivity index (χ0n) is 8.08. The van der Waals surface area contributed by atoms with Crippen molar-refractivity contribution in [2.24, 2.45) is 0 Å². The number of aromatic hydroxyl groups is 1. The molecule has 0 fully saturated rings. The van der Waals surface area contributed by atoms with E-state index in [0.717, 1.165) is 12.1 Å². The third-order valence-corrected chi connectivity index (χ3v) is 1.57. The quantitative estimate of drug-likeness (QED) is 0.687. The second kappa shape index (κ2) is 6.21. The Labute approximate surface area is 92.9 Å². The molecule has 0 atom stereocenters. The summed E-state index contributed by atoms with van der Waals surface area (Å²) >= 11 is 0. The van der Waals surface area contributed by atoms with Crippen molar-refractivity contribution in [1.29, 1.82) is 0 Å². The van der Waals surface area contributed by atoms with Crippen LogP contribution in [0.1, 0.15) is 0 Å². The highest BCUT2D eigenvalue weighted by atomic mass is 35.5. The summed E-state index contributed by atoms with van der Waals surface area (Å²) < 4.78 is 12.5. The van der Waals surface area contributed by atoms with Gasteiger partial charge in [0.1, 0.15) is 11.6 Å². The molecule has 3 N–H and O–H groups in total. The summed E-state index contributed by atoms with van der Waals surface area (Å²) in [5.41, 5.74) is 0.201. The lowest BCUT2D eigenvalue weighted by Gasteiger charge is -2.06. The van der Waals surface area contributed by atoms with E-state index in [0.29, 0.717) is 0 Å². The minimum absolute atomic E-state index is 0. The largest absolute Gasteiger partial charge is 0.506 e. The van der Waals surface area contributed by atoms with Crippen LogP contribution in [0.5, 0.6) is 5.75 Å². The highest BCUT2D eigenvalue weighted by Gasteiger charge is 2.05. The van der Waals surface area contributed by atoms with Crippen LogP contribution in [0.25, 0.3) is 0 Å². The number of halogens is 2. The number of likely N-dealkylation sites (N-methyl/N-ethyl adjacent to an activating group) is 1. The molecule has 0 aliphatic heterocycles. The summed E-state index contributed by atoms with van der Waals surface area (Å²) in [6.45, 7) is 0.136. The van der Waals surface area contributed by atoms with Crippen LogP contribution in [0.2, 0.25) is 0 Å². The minimum atomic E-state index is -0.547. The molecule has 0 aliphatic rings. The Morgan fingerprint density at radius 2 is 2.20 bits per heavy atom. The Balaban J connectivity index is 0.00000196. The second-order valence-corrected chi connectivity index (χ2v) is 2.74. The smallest absolute Gasteiger partial charge is 0.238 e. The fourth-order valence-electron chi connectivity index (χ4n) is 0.965. The lowest BCUT2D eigenvalue weighted by Crippen LogP contribution is -2.25. The molecule has 15 heavy (non-hydrogen) atoms. The summed E-state index contributed by atoms with van der Waals surface area (Å²) in [5, 5.41) is 14.3. The van der Waals surface area contributed by atoms with Crippen molar-refractivity contribution >= 4 is 24.0 Å². The molecule has 0 aromatic heterocycles. The van der Waals surface area contributed by atoms with E-state index in [1.54, 1.807) is 7.05 Å². The lowest BCUT2D eigenvalue weighted by molar-refractivity contribution is -0.115. The van der Waals surface area contributed by atoms with Crippen LogP contribution in [0.15, 0.2) is 18.2 Å². The molecule has 0 bridgehead atoms. The average Bonchev–Trinajstić information content (AvgIpc) is 2.10. The van der Waals surface area contributed by atoms with Crippen LogP contribution in [0.3, 0.4) is 0 Å². The molecule has 0 radical (unpaired) electrons. The van der Waals surface area contributed by atoms with Crippen LogP contribution in [-0.4, -0.2) is 24.6 Å². The first-order valence-corrected chi connectivity index (χ1v) is 4.06. The summed E-state index contributed by atoms with van der Waals surface area (Å²) in [4.78, 5) is 11.1. The highest BCUT2D eigenvalue weighted by Crippen LogP contribution is 2.23. The summed E-state index contributed by atoms with van der Waals surface area (Å²) in [6.07, 6.45) is 0. The van der Waals surface area contributed by atoms with E-state index in [1.165, 1.54) is 6.07 Å². The first kappa shape index (κ1) is 13.7. The summed E-state index contributed by atoms with van der Waals surface area (Å²) in [5.74, 6) is -1.13. The number of benzene rings is 1. The number of amides is 1. The van der Waals surface area contributed by atoms with Crippen LogP contribution in [0, 0.1) is 5.82 Å². The predicted octanol–water partition coefficient (Wildman–Crippen LogP) is 1.11. The van der Waals surface area contributed by atoms with Crippen molar-refractivity contribution in [2.45, 2.75) is 0 Å². The number of nitrogens with one attached hydrogen (secondary N) is 2. The number of phenolic OH excluding ortho intramolecular Hbond substituents is 1. The van der Waals surface area contributed by atoms with Gasteiger partial charge in [-0.05, 0) is 19.2 Å². The first-order valence-electron chi connectivity index (χ1n) is 4.06. The van der Waals surface area contributed by atoms with Gasteiger partial charge in [0.05, 0.1) is 12.2 Å². The number of rotatable bonds is 3. The molecule has 0 saturated heterocycles. The Kier molecular flexibility index (Phi) is 5.66. The SMILES string of the molecule is CNCC(=O)Nc1ccc(F)cc1O.Cl. The normalized spacial score (nSPS) is 9.20. The molecule has 0 heterocycles. The molecule has 0 saturated carbocycles. The molecule has 0 unspecified atom stereocenters. The average molecular weight is 235 g/mol. The second-order valence-electron chi connectivity index (χ2n) is 2.74. The van der Waals surface area contributed by atoms with Gasteiger partial charge in [-0.25, -0.2) is 4.39 Å². The van der Waals surface area contributed by atoms with Gasteiger partial charge >= 0.3 is 0 Å². The molecule has 1 amide bonds. The van der Waals surface area contributed by atoms with Crippen molar-refractivity contribution in [3.05, 3.63) is 24.0 Å². The number of phenols is 1. The first-order chi connectivity index (χ1) is 6.63. The van der Waals surface area contributed by atoms with Gasteiger partial charge in [-0.3, -0.25) is 4.79 Å². The van der Waals surface area contributed by atoms with Crippen LogP contribution in [0.4, 0.5) is 10.1 Å². The van der Waals surface area contributed by atoms with Crippen molar-refractivity contribution in [2.75, 3.05) is 18.9 Å². The third-order valence-electron chi connectivity index (χ3n) is 1.57. The Bertz CT molecular complexity index is 347. The Hall–Kier alpha value is -1.33. The Morgan fingerprint density at radius 3 is 2.73 bits per heavy atom. The molecule has 1 aromatic rings. The topological polar surface area (TPSA) is 61.4 Å². The van der Waals surface area contributed by atoms with Gasteiger partial charge in [0.2, 0.25) is 5.91 Å². The van der Waals surface area contributed by atoms with Gasteiger partial charge < -0.3 is 15.7 Å². The molecule has 1 aromatic carbocycles. The molecular weight excluding hydrogens is 223 g/mol. The number of anilines is 1. The fourth-order valence-corrected chi connectivity index (χ4v) is 0.965. The van der Waals surface area contributed by atoms with Gasteiger partial charge in [0.25, 0.3) is 0 Å². The number of carbonyl (C=O) groups is 1. The standard InChI is InChI=1S/C9H11FN2O2.ClH/c1-11-5-9(14)12-7-3-2-6(10)4-8(7)13;/h2-4,11,13H,5H2,1H3,(H,12,14);1H. The van der Waals surface area contributed by atoms with E-state index in [1.807, 2.05) is 0 Å². The summed E-state index contributed by atoms with van der Waals surface area (Å²) in [6, 6.07) is 3.40. The van der Waals surface area contributed by atoms with E-state index in [9.17, 15) is 14.3 Å². The maximum atomic E-state index is 12.5. The van der Waals surface area contributed by atoms with Gasteiger partial charge in [0, 0.05) is 6.07 Å². The van der Waals surface area contributed by atoms with Crippen LogP contribution >= 0.6 is 12.4 Å². The Morgan fingerprint density at radius 1 is 1.53 bits per heavy atom. The van der Waals surface area contributed by atoms with Crippen molar-refractivity contribution < 1.29 is 14.3 Å². The zero-order valence-corrected chi connectivity index (χ0v) is 8.90. The molecule has 84 valence electrons. The predicted molar refractivity (Wildman–Crippen MR) is 57.9 cm³/mol. The molecule has 6 heteroatoms. The molecule has 0 spiro atoms. The van der Waals surface area contributed by atoms with E-state index in [2.05, 4.69) is 10.6 Å². The molecule has 4 nitrogen and oxygen atoms in total. The van der Waals surface area contributed by atoms with Gasteiger partial charge in [-0.2, -0.15) is 0 Å². The third kappa shape index (κ3) is 4.14. The minimum Gasteiger partial charge on any atom is -0.506 e. The van der Waals surface area contributed by atoms with Gasteiger partial charge in [-0.1, -0.05) is 0 Å². The molecular formula is C9H12ClFN2O2. The van der Waals surface area contributed by atoms with E-state index in [-0.39, 0.29) is 36.3 Å². The number of hydrogen-bond acceptors (Lipinski definition) is 3. The van der Waals surface area contributed by atoms with Crippen LogP contribution < -0.4 is 10.6 Å². The zero-order chi connectivity index (χ0) is 10.6. The van der Waals surface area contributed by atoms with Gasteiger partial charge in [-0.15, -0.1) is 12.4 Å². The number of carbonyl (C=O) groups excluding carboxylic acids is 1.